The van der Waals surface area contributed by atoms with E-state index in [4.69, 9.17) is 4.84 Å². The number of allylic oxidation sites excluding steroid dienone is 3. The lowest BCUT2D eigenvalue weighted by Crippen LogP contribution is -2.23. The van der Waals surface area contributed by atoms with Crippen LogP contribution in [0, 0.1) is 0 Å². The molecule has 2 nitrogen and oxygen atoms in total. The summed E-state index contributed by atoms with van der Waals surface area (Å²) >= 11 is 0. The van der Waals surface area contributed by atoms with Crippen molar-refractivity contribution < 1.29 is 4.84 Å². The first-order valence-corrected chi connectivity index (χ1v) is 6.27. The molecule has 0 radical (unpaired) electrons. The van der Waals surface area contributed by atoms with Crippen LogP contribution in [0.4, 0.5) is 0 Å². The molecule has 2 heteroatoms. The molecule has 0 saturated carbocycles. The summed E-state index contributed by atoms with van der Waals surface area (Å²) in [5.74, 6) is 0. The van der Waals surface area contributed by atoms with Crippen LogP contribution in [-0.4, -0.2) is 24.8 Å². The number of hydroxylamine groups is 2. The fraction of sp³-hybridized carbons (Fsp3) is 0.714. The molecule has 0 amide bonds. The van der Waals surface area contributed by atoms with Gasteiger partial charge in [0.05, 0.1) is 6.61 Å². The number of rotatable bonds is 8. The summed E-state index contributed by atoms with van der Waals surface area (Å²) in [5, 5.41) is 1.97. The van der Waals surface area contributed by atoms with Crippen molar-refractivity contribution in [1.29, 1.82) is 0 Å². The van der Waals surface area contributed by atoms with Gasteiger partial charge in [-0.1, -0.05) is 37.1 Å². The van der Waals surface area contributed by atoms with Crippen LogP contribution in [0.15, 0.2) is 23.3 Å². The molecule has 16 heavy (non-hydrogen) atoms. The second kappa shape index (κ2) is 9.61. The van der Waals surface area contributed by atoms with E-state index in [9.17, 15) is 0 Å². The molecule has 0 aliphatic rings. The highest BCUT2D eigenvalue weighted by atomic mass is 16.7. The van der Waals surface area contributed by atoms with E-state index in [0.29, 0.717) is 6.61 Å². The van der Waals surface area contributed by atoms with Crippen molar-refractivity contribution >= 4 is 0 Å². The standard InChI is InChI=1S/C14H27NO/c1-6-15(7-2)16-12-11-14(5)10-8-9-13(3)4/h9,11H,6-8,10,12H2,1-5H3/b14-11-. The maximum atomic E-state index is 5.58. The van der Waals surface area contributed by atoms with Crippen molar-refractivity contribution in [2.24, 2.45) is 0 Å². The van der Waals surface area contributed by atoms with Gasteiger partial charge in [-0.05, 0) is 33.6 Å². The molecule has 0 unspecified atom stereocenters. The van der Waals surface area contributed by atoms with Gasteiger partial charge in [-0.25, -0.2) is 0 Å². The minimum Gasteiger partial charge on any atom is -0.295 e. The molecule has 0 aliphatic carbocycles. The van der Waals surface area contributed by atoms with Gasteiger partial charge >= 0.3 is 0 Å². The second-order valence-electron chi connectivity index (χ2n) is 4.28. The third-order valence-electron chi connectivity index (χ3n) is 2.49. The molecule has 94 valence electrons. The topological polar surface area (TPSA) is 12.5 Å². The summed E-state index contributed by atoms with van der Waals surface area (Å²) < 4.78 is 0. The number of hydrogen-bond acceptors (Lipinski definition) is 2. The lowest BCUT2D eigenvalue weighted by Gasteiger charge is -2.16. The van der Waals surface area contributed by atoms with Crippen molar-refractivity contribution in [1.82, 2.24) is 5.06 Å². The van der Waals surface area contributed by atoms with Gasteiger partial charge in [-0.15, -0.1) is 0 Å². The lowest BCUT2D eigenvalue weighted by molar-refractivity contribution is -0.141. The van der Waals surface area contributed by atoms with Gasteiger partial charge in [0.2, 0.25) is 0 Å². The molecule has 0 heterocycles. The molecule has 0 atom stereocenters. The van der Waals surface area contributed by atoms with E-state index in [0.717, 1.165) is 25.9 Å². The van der Waals surface area contributed by atoms with Crippen molar-refractivity contribution in [3.05, 3.63) is 23.3 Å². The van der Waals surface area contributed by atoms with Crippen molar-refractivity contribution in [2.75, 3.05) is 19.7 Å². The predicted octanol–water partition coefficient (Wildman–Crippen LogP) is 3.95. The molecule has 0 rings (SSSR count). The van der Waals surface area contributed by atoms with Crippen LogP contribution in [0.5, 0.6) is 0 Å². The van der Waals surface area contributed by atoms with Crippen LogP contribution >= 0.6 is 0 Å². The SMILES string of the molecule is CCN(CC)OC/C=C(/C)CCC=C(C)C. The minimum absolute atomic E-state index is 0.697. The summed E-state index contributed by atoms with van der Waals surface area (Å²) in [6, 6.07) is 0. The Morgan fingerprint density at radius 1 is 1.06 bits per heavy atom. The van der Waals surface area contributed by atoms with E-state index >= 15 is 0 Å². The molecule has 0 aromatic heterocycles. The van der Waals surface area contributed by atoms with Crippen LogP contribution in [0.1, 0.15) is 47.5 Å². The van der Waals surface area contributed by atoms with Gasteiger partial charge in [0.1, 0.15) is 0 Å². The quantitative estimate of drug-likeness (QED) is 0.458. The monoisotopic (exact) mass is 225 g/mol. The van der Waals surface area contributed by atoms with Crippen LogP contribution in [-0.2, 0) is 4.84 Å². The van der Waals surface area contributed by atoms with Gasteiger partial charge in [0.25, 0.3) is 0 Å². The van der Waals surface area contributed by atoms with Gasteiger partial charge in [0, 0.05) is 13.1 Å². The maximum Gasteiger partial charge on any atom is 0.0869 e. The number of hydrogen-bond donors (Lipinski definition) is 0. The lowest BCUT2D eigenvalue weighted by atomic mass is 10.1. The maximum absolute atomic E-state index is 5.58. The Labute approximate surface area is 101 Å². The third kappa shape index (κ3) is 8.69. The van der Waals surface area contributed by atoms with Crippen LogP contribution < -0.4 is 0 Å². The molecule has 0 fully saturated rings. The highest BCUT2D eigenvalue weighted by molar-refractivity contribution is 5.02. The average Bonchev–Trinajstić information content (AvgIpc) is 2.24. The second-order valence-corrected chi connectivity index (χ2v) is 4.28. The Morgan fingerprint density at radius 2 is 1.69 bits per heavy atom. The first-order valence-electron chi connectivity index (χ1n) is 6.27. The van der Waals surface area contributed by atoms with Crippen LogP contribution in [0.3, 0.4) is 0 Å². The molecule has 0 saturated heterocycles. The Morgan fingerprint density at radius 3 is 2.19 bits per heavy atom. The fourth-order valence-electron chi connectivity index (χ4n) is 1.38. The van der Waals surface area contributed by atoms with Gasteiger partial charge in [-0.2, -0.15) is 5.06 Å². The summed E-state index contributed by atoms with van der Waals surface area (Å²) in [7, 11) is 0. The first kappa shape index (κ1) is 15.4. The number of nitrogens with zero attached hydrogens (tertiary/aromatic N) is 1. The van der Waals surface area contributed by atoms with Crippen molar-refractivity contribution in [3.8, 4) is 0 Å². The Kier molecular flexibility index (Phi) is 9.25. The van der Waals surface area contributed by atoms with E-state index in [-0.39, 0.29) is 0 Å². The van der Waals surface area contributed by atoms with E-state index in [1.165, 1.54) is 11.1 Å². The largest absolute Gasteiger partial charge is 0.295 e. The zero-order chi connectivity index (χ0) is 12.4. The van der Waals surface area contributed by atoms with E-state index in [1.807, 2.05) is 5.06 Å². The molecule has 0 bridgehead atoms. The van der Waals surface area contributed by atoms with Gasteiger partial charge in [-0.3, -0.25) is 4.84 Å². The van der Waals surface area contributed by atoms with E-state index in [1.54, 1.807) is 0 Å². The summed E-state index contributed by atoms with van der Waals surface area (Å²) in [5.41, 5.74) is 2.80. The molecule has 0 N–H and O–H groups in total. The molecule has 0 aromatic carbocycles. The normalized spacial score (nSPS) is 12.0. The van der Waals surface area contributed by atoms with Crippen molar-refractivity contribution in [3.63, 3.8) is 0 Å². The highest BCUT2D eigenvalue weighted by Crippen LogP contribution is 2.06. The van der Waals surface area contributed by atoms with Crippen LogP contribution in [0.25, 0.3) is 0 Å². The zero-order valence-electron chi connectivity index (χ0n) is 11.5. The predicted molar refractivity (Wildman–Crippen MR) is 71.3 cm³/mol. The van der Waals surface area contributed by atoms with E-state index in [2.05, 4.69) is 46.8 Å². The third-order valence-corrected chi connectivity index (χ3v) is 2.49. The highest BCUT2D eigenvalue weighted by Gasteiger charge is 1.96. The molecular weight excluding hydrogens is 198 g/mol. The summed E-state index contributed by atoms with van der Waals surface area (Å²) in [6.45, 7) is 13.3. The Bertz CT molecular complexity index is 223. The minimum atomic E-state index is 0.697. The average molecular weight is 225 g/mol. The molecule has 0 spiro atoms. The van der Waals surface area contributed by atoms with Gasteiger partial charge < -0.3 is 0 Å². The fourth-order valence-corrected chi connectivity index (χ4v) is 1.38. The molecule has 0 aliphatic heterocycles. The zero-order valence-corrected chi connectivity index (χ0v) is 11.5. The Balaban J connectivity index is 3.74. The summed E-state index contributed by atoms with van der Waals surface area (Å²) in [6.07, 6.45) is 6.72. The van der Waals surface area contributed by atoms with Crippen molar-refractivity contribution in [2.45, 2.75) is 47.5 Å². The molecule has 0 aromatic rings. The first-order chi connectivity index (χ1) is 7.60. The summed E-state index contributed by atoms with van der Waals surface area (Å²) in [4.78, 5) is 5.58. The smallest absolute Gasteiger partial charge is 0.0869 e. The van der Waals surface area contributed by atoms with Gasteiger partial charge in [0.15, 0.2) is 0 Å². The van der Waals surface area contributed by atoms with E-state index < -0.39 is 0 Å². The molecular formula is C14H27NO. The van der Waals surface area contributed by atoms with Crippen LogP contribution in [0.2, 0.25) is 0 Å². The Hall–Kier alpha value is -0.600.